The van der Waals surface area contributed by atoms with E-state index in [1.165, 1.54) is 0 Å². The van der Waals surface area contributed by atoms with E-state index in [9.17, 15) is 4.79 Å². The molecule has 1 amide bonds. The van der Waals surface area contributed by atoms with Gasteiger partial charge in [0.05, 0.1) is 0 Å². The van der Waals surface area contributed by atoms with Crippen molar-refractivity contribution in [3.8, 4) is 5.75 Å². The van der Waals surface area contributed by atoms with E-state index in [4.69, 9.17) is 4.74 Å². The van der Waals surface area contributed by atoms with Crippen LogP contribution in [0.4, 0.5) is 4.79 Å². The number of carbonyl (C=O) groups is 1. The second-order valence-corrected chi connectivity index (χ2v) is 4.88. The summed E-state index contributed by atoms with van der Waals surface area (Å²) in [6.07, 6.45) is 0.599. The zero-order valence-electron chi connectivity index (χ0n) is 11.2. The minimum Gasteiger partial charge on any atom is -0.410 e. The first-order valence-corrected chi connectivity index (χ1v) is 6.34. The summed E-state index contributed by atoms with van der Waals surface area (Å²) in [5.41, 5.74) is 3.14. The molecule has 0 spiro atoms. The van der Waals surface area contributed by atoms with Gasteiger partial charge >= 0.3 is 6.09 Å². The second-order valence-electron chi connectivity index (χ2n) is 4.88. The Balaban J connectivity index is 2.04. The SMILES string of the molecule is Cc1ccc(C)c(OC(=O)NC2CCNC2)c1C. The maximum Gasteiger partial charge on any atom is 0.412 e. The van der Waals surface area contributed by atoms with Crippen molar-refractivity contribution in [3.63, 3.8) is 0 Å². The van der Waals surface area contributed by atoms with Crippen LogP contribution >= 0.6 is 0 Å². The lowest BCUT2D eigenvalue weighted by molar-refractivity contribution is 0.196. The summed E-state index contributed by atoms with van der Waals surface area (Å²) in [5.74, 6) is 0.679. The minimum absolute atomic E-state index is 0.183. The molecule has 1 atom stereocenters. The number of aryl methyl sites for hydroxylation is 2. The summed E-state index contributed by atoms with van der Waals surface area (Å²) >= 11 is 0. The molecule has 1 aliphatic rings. The van der Waals surface area contributed by atoms with E-state index in [2.05, 4.69) is 10.6 Å². The topological polar surface area (TPSA) is 50.4 Å². The first-order valence-electron chi connectivity index (χ1n) is 6.34. The van der Waals surface area contributed by atoms with Gasteiger partial charge in [-0.25, -0.2) is 4.79 Å². The molecule has 1 fully saturated rings. The highest BCUT2D eigenvalue weighted by Gasteiger charge is 2.18. The predicted molar refractivity (Wildman–Crippen MR) is 71.1 cm³/mol. The summed E-state index contributed by atoms with van der Waals surface area (Å²) in [7, 11) is 0. The number of rotatable bonds is 2. The molecule has 0 aliphatic carbocycles. The molecule has 1 saturated heterocycles. The van der Waals surface area contributed by atoms with Gasteiger partial charge in [-0.3, -0.25) is 0 Å². The maximum absolute atomic E-state index is 11.8. The Morgan fingerprint density at radius 3 is 2.72 bits per heavy atom. The van der Waals surface area contributed by atoms with E-state index >= 15 is 0 Å². The summed E-state index contributed by atoms with van der Waals surface area (Å²) in [6.45, 7) is 7.71. The molecule has 18 heavy (non-hydrogen) atoms. The molecule has 98 valence electrons. The standard InChI is InChI=1S/C14H20N2O2/c1-9-4-5-10(2)13(11(9)3)18-14(17)16-12-6-7-15-8-12/h4-5,12,15H,6-8H2,1-3H3,(H,16,17). The zero-order valence-corrected chi connectivity index (χ0v) is 11.2. The molecular weight excluding hydrogens is 228 g/mol. The highest BCUT2D eigenvalue weighted by Crippen LogP contribution is 2.25. The van der Waals surface area contributed by atoms with Gasteiger partial charge in [-0.2, -0.15) is 0 Å². The van der Waals surface area contributed by atoms with Crippen LogP contribution in [0.1, 0.15) is 23.1 Å². The van der Waals surface area contributed by atoms with Crippen molar-refractivity contribution in [1.29, 1.82) is 0 Å². The largest absolute Gasteiger partial charge is 0.412 e. The van der Waals surface area contributed by atoms with Gasteiger partial charge in [-0.05, 0) is 50.4 Å². The average Bonchev–Trinajstić information content (AvgIpc) is 2.82. The fourth-order valence-corrected chi connectivity index (χ4v) is 2.15. The van der Waals surface area contributed by atoms with Crippen LogP contribution in [0.2, 0.25) is 0 Å². The van der Waals surface area contributed by atoms with Crippen LogP contribution in [0, 0.1) is 20.8 Å². The monoisotopic (exact) mass is 248 g/mol. The smallest absolute Gasteiger partial charge is 0.410 e. The molecule has 4 nitrogen and oxygen atoms in total. The van der Waals surface area contributed by atoms with Gasteiger partial charge in [0.1, 0.15) is 5.75 Å². The fraction of sp³-hybridized carbons (Fsp3) is 0.500. The van der Waals surface area contributed by atoms with E-state index in [1.54, 1.807) is 0 Å². The fourth-order valence-electron chi connectivity index (χ4n) is 2.15. The molecule has 2 N–H and O–H groups in total. The first-order chi connectivity index (χ1) is 8.58. The van der Waals surface area contributed by atoms with Gasteiger partial charge in [0.15, 0.2) is 0 Å². The Hall–Kier alpha value is -1.55. The van der Waals surface area contributed by atoms with E-state index in [0.29, 0.717) is 5.75 Å². The van der Waals surface area contributed by atoms with Crippen LogP contribution in [-0.4, -0.2) is 25.2 Å². The molecule has 1 unspecified atom stereocenters. The molecule has 1 heterocycles. The number of amides is 1. The molecule has 0 aromatic heterocycles. The lowest BCUT2D eigenvalue weighted by Gasteiger charge is -2.15. The highest BCUT2D eigenvalue weighted by molar-refractivity contribution is 5.72. The van der Waals surface area contributed by atoms with Crippen molar-refractivity contribution in [1.82, 2.24) is 10.6 Å². The number of benzene rings is 1. The summed E-state index contributed by atoms with van der Waals surface area (Å²) in [4.78, 5) is 11.8. The average molecular weight is 248 g/mol. The van der Waals surface area contributed by atoms with Crippen molar-refractivity contribution in [3.05, 3.63) is 28.8 Å². The molecule has 0 radical (unpaired) electrons. The highest BCUT2D eigenvalue weighted by atomic mass is 16.6. The van der Waals surface area contributed by atoms with Crippen LogP contribution in [0.5, 0.6) is 5.75 Å². The van der Waals surface area contributed by atoms with Gasteiger partial charge in [0.25, 0.3) is 0 Å². The number of hydrogen-bond acceptors (Lipinski definition) is 3. The predicted octanol–water partition coefficient (Wildman–Crippen LogP) is 2.06. The minimum atomic E-state index is -0.361. The summed E-state index contributed by atoms with van der Waals surface area (Å²) in [6, 6.07) is 4.20. The van der Waals surface area contributed by atoms with Crippen molar-refractivity contribution in [2.45, 2.75) is 33.2 Å². The molecule has 0 saturated carbocycles. The third kappa shape index (κ3) is 2.82. The van der Waals surface area contributed by atoms with Gasteiger partial charge in [0, 0.05) is 12.6 Å². The van der Waals surface area contributed by atoms with Crippen molar-refractivity contribution in [2.24, 2.45) is 0 Å². The Morgan fingerprint density at radius 2 is 2.06 bits per heavy atom. The van der Waals surface area contributed by atoms with Crippen LogP contribution in [-0.2, 0) is 0 Å². The Labute approximate surface area is 108 Å². The molecular formula is C14H20N2O2. The number of ether oxygens (including phenoxy) is 1. The molecule has 1 aromatic rings. The van der Waals surface area contributed by atoms with E-state index < -0.39 is 0 Å². The number of carbonyl (C=O) groups excluding carboxylic acids is 1. The molecule has 2 rings (SSSR count). The summed E-state index contributed by atoms with van der Waals surface area (Å²) in [5, 5.41) is 6.08. The third-order valence-corrected chi connectivity index (χ3v) is 3.45. The lowest BCUT2D eigenvalue weighted by atomic mass is 10.1. The van der Waals surface area contributed by atoms with Crippen LogP contribution in [0.3, 0.4) is 0 Å². The molecule has 0 bridgehead atoms. The van der Waals surface area contributed by atoms with Gasteiger partial charge < -0.3 is 15.4 Å². The van der Waals surface area contributed by atoms with E-state index in [-0.39, 0.29) is 12.1 Å². The van der Waals surface area contributed by atoms with Crippen molar-refractivity contribution < 1.29 is 9.53 Å². The molecule has 1 aromatic carbocycles. The van der Waals surface area contributed by atoms with E-state index in [1.807, 2.05) is 32.9 Å². The van der Waals surface area contributed by atoms with Crippen LogP contribution in [0.15, 0.2) is 12.1 Å². The van der Waals surface area contributed by atoms with Gasteiger partial charge in [-0.1, -0.05) is 12.1 Å². The van der Waals surface area contributed by atoms with E-state index in [0.717, 1.165) is 36.2 Å². The normalized spacial score (nSPS) is 18.7. The molecule has 1 aliphatic heterocycles. The lowest BCUT2D eigenvalue weighted by Crippen LogP contribution is -2.38. The Morgan fingerprint density at radius 1 is 1.33 bits per heavy atom. The number of nitrogens with one attached hydrogen (secondary N) is 2. The molecule has 4 heteroatoms. The van der Waals surface area contributed by atoms with Crippen molar-refractivity contribution in [2.75, 3.05) is 13.1 Å². The van der Waals surface area contributed by atoms with Crippen molar-refractivity contribution >= 4 is 6.09 Å². The number of hydrogen-bond donors (Lipinski definition) is 2. The first kappa shape index (κ1) is 12.9. The van der Waals surface area contributed by atoms with Gasteiger partial charge in [-0.15, -0.1) is 0 Å². The van der Waals surface area contributed by atoms with Crippen LogP contribution in [0.25, 0.3) is 0 Å². The zero-order chi connectivity index (χ0) is 13.1. The summed E-state index contributed by atoms with van der Waals surface area (Å²) < 4.78 is 5.44. The maximum atomic E-state index is 11.8. The second kappa shape index (κ2) is 5.40. The Kier molecular flexibility index (Phi) is 3.87. The Bertz CT molecular complexity index is 451. The quantitative estimate of drug-likeness (QED) is 0.842. The van der Waals surface area contributed by atoms with Crippen LogP contribution < -0.4 is 15.4 Å². The third-order valence-electron chi connectivity index (χ3n) is 3.45. The van der Waals surface area contributed by atoms with Gasteiger partial charge in [0.2, 0.25) is 0 Å².